The molecule has 20 heavy (non-hydrogen) atoms. The summed E-state index contributed by atoms with van der Waals surface area (Å²) in [5, 5.41) is 2.76. The molecule has 0 amide bonds. The Hall–Kier alpha value is -1.63. The van der Waals surface area contributed by atoms with Crippen LogP contribution in [-0.4, -0.2) is 16.8 Å². The fourth-order valence-electron chi connectivity index (χ4n) is 3.45. The zero-order valence-electron chi connectivity index (χ0n) is 13.0. The van der Waals surface area contributed by atoms with Gasteiger partial charge in [-0.05, 0) is 30.7 Å². The van der Waals surface area contributed by atoms with Crippen LogP contribution in [-0.2, 0) is 5.41 Å². The first-order valence-electron chi connectivity index (χ1n) is 7.71. The van der Waals surface area contributed by atoms with Crippen molar-refractivity contribution >= 4 is 22.2 Å². The van der Waals surface area contributed by atoms with E-state index in [-0.39, 0.29) is 5.41 Å². The van der Waals surface area contributed by atoms with Gasteiger partial charge in [0.1, 0.15) is 6.54 Å². The topological polar surface area (TPSA) is 3.01 Å². The van der Waals surface area contributed by atoms with Crippen LogP contribution < -0.4 is 0 Å². The van der Waals surface area contributed by atoms with Crippen LogP contribution in [0.25, 0.3) is 10.8 Å². The molecule has 0 fully saturated rings. The van der Waals surface area contributed by atoms with E-state index >= 15 is 0 Å². The molecule has 1 aliphatic heterocycles. The summed E-state index contributed by atoms with van der Waals surface area (Å²) >= 11 is 0. The molecule has 0 radical (unpaired) electrons. The molecule has 2 aromatic carbocycles. The lowest BCUT2D eigenvalue weighted by molar-refractivity contribution is -0.439. The predicted molar refractivity (Wildman–Crippen MR) is 87.4 cm³/mol. The van der Waals surface area contributed by atoms with E-state index in [9.17, 15) is 0 Å². The van der Waals surface area contributed by atoms with E-state index in [4.69, 9.17) is 0 Å². The quantitative estimate of drug-likeness (QED) is 0.685. The second-order valence-electron chi connectivity index (χ2n) is 6.40. The minimum absolute atomic E-state index is 0.129. The van der Waals surface area contributed by atoms with Crippen LogP contribution in [0.15, 0.2) is 36.4 Å². The second kappa shape index (κ2) is 4.73. The van der Waals surface area contributed by atoms with Crippen molar-refractivity contribution in [3.63, 3.8) is 0 Å². The number of hydrogen-bond donors (Lipinski definition) is 0. The maximum Gasteiger partial charge on any atom is 0.210 e. The van der Waals surface area contributed by atoms with Crippen molar-refractivity contribution in [2.24, 2.45) is 0 Å². The smallest absolute Gasteiger partial charge is 0.199 e. The van der Waals surface area contributed by atoms with E-state index in [1.807, 2.05) is 0 Å². The number of fused-ring (bicyclic) bond motifs is 3. The first-order chi connectivity index (χ1) is 9.57. The van der Waals surface area contributed by atoms with E-state index in [2.05, 4.69) is 68.7 Å². The second-order valence-corrected chi connectivity index (χ2v) is 6.40. The van der Waals surface area contributed by atoms with Crippen LogP contribution >= 0.6 is 0 Å². The third-order valence-corrected chi connectivity index (χ3v) is 4.87. The van der Waals surface area contributed by atoms with Gasteiger partial charge in [-0.25, -0.2) is 0 Å². The molecule has 1 heterocycles. The molecule has 0 atom stereocenters. The number of rotatable bonds is 3. The van der Waals surface area contributed by atoms with E-state index in [0.29, 0.717) is 0 Å². The van der Waals surface area contributed by atoms with Crippen molar-refractivity contribution in [2.75, 3.05) is 6.54 Å². The molecule has 0 bridgehead atoms. The van der Waals surface area contributed by atoms with Gasteiger partial charge in [-0.2, -0.15) is 4.58 Å². The first-order valence-corrected chi connectivity index (χ1v) is 7.71. The first kappa shape index (κ1) is 13.4. The summed E-state index contributed by atoms with van der Waals surface area (Å²) in [4.78, 5) is 0. The largest absolute Gasteiger partial charge is 0.210 e. The van der Waals surface area contributed by atoms with Gasteiger partial charge in [0.25, 0.3) is 0 Å². The summed E-state index contributed by atoms with van der Waals surface area (Å²) in [5.74, 6) is 0. The highest BCUT2D eigenvalue weighted by Gasteiger charge is 2.43. The summed E-state index contributed by atoms with van der Waals surface area (Å²) in [6.07, 6.45) is 2.49. The molecule has 104 valence electrons. The lowest BCUT2D eigenvalue weighted by Crippen LogP contribution is -2.26. The zero-order chi connectivity index (χ0) is 14.3. The molecule has 0 spiro atoms. The molecular weight excluding hydrogens is 242 g/mol. The number of unbranched alkanes of at least 4 members (excludes halogenated alkanes) is 1. The predicted octanol–water partition coefficient (Wildman–Crippen LogP) is 5.04. The lowest BCUT2D eigenvalue weighted by atomic mass is 9.80. The molecule has 0 N–H and O–H groups in total. The average molecular weight is 266 g/mol. The summed E-state index contributed by atoms with van der Waals surface area (Å²) in [6, 6.07) is 13.3. The fourth-order valence-corrected chi connectivity index (χ4v) is 3.45. The number of benzene rings is 2. The van der Waals surface area contributed by atoms with E-state index in [0.717, 1.165) is 6.54 Å². The van der Waals surface area contributed by atoms with Gasteiger partial charge in [0.05, 0.1) is 5.41 Å². The molecular formula is C19H24N+. The van der Waals surface area contributed by atoms with Gasteiger partial charge in [0, 0.05) is 25.0 Å². The molecule has 0 aliphatic carbocycles. The van der Waals surface area contributed by atoms with Crippen LogP contribution in [0.5, 0.6) is 0 Å². The highest BCUT2D eigenvalue weighted by atomic mass is 15.1. The van der Waals surface area contributed by atoms with E-state index in [1.54, 1.807) is 0 Å². The molecule has 0 saturated carbocycles. The average Bonchev–Trinajstić information content (AvgIpc) is 2.65. The van der Waals surface area contributed by atoms with Crippen LogP contribution in [0.2, 0.25) is 0 Å². The molecule has 1 nitrogen and oxygen atoms in total. The molecule has 2 aromatic rings. The van der Waals surface area contributed by atoms with Crippen molar-refractivity contribution in [1.29, 1.82) is 0 Å². The third kappa shape index (κ3) is 1.80. The molecule has 1 heteroatoms. The maximum absolute atomic E-state index is 2.53. The fraction of sp³-hybridized carbons (Fsp3) is 0.421. The zero-order valence-corrected chi connectivity index (χ0v) is 13.0. The maximum atomic E-state index is 2.53. The Morgan fingerprint density at radius 1 is 1.05 bits per heavy atom. The van der Waals surface area contributed by atoms with Crippen LogP contribution in [0, 0.1) is 0 Å². The van der Waals surface area contributed by atoms with Crippen LogP contribution in [0.4, 0.5) is 5.69 Å². The van der Waals surface area contributed by atoms with Gasteiger partial charge >= 0.3 is 0 Å². The Balaban J connectivity index is 2.25. The Morgan fingerprint density at radius 3 is 2.55 bits per heavy atom. The Labute approximate surface area is 121 Å². The third-order valence-electron chi connectivity index (χ3n) is 4.87. The summed E-state index contributed by atoms with van der Waals surface area (Å²) < 4.78 is 2.53. The highest BCUT2D eigenvalue weighted by molar-refractivity contribution is 6.01. The Bertz CT molecular complexity index is 692. The lowest BCUT2D eigenvalue weighted by Gasteiger charge is -2.17. The number of nitrogens with zero attached hydrogens (tertiary/aromatic N) is 1. The van der Waals surface area contributed by atoms with E-state index in [1.165, 1.54) is 40.6 Å². The minimum atomic E-state index is 0.129. The SMILES string of the molecule is CCCC[N+]1=C(C)C(C)(C)c2c1ccc1ccccc21. The monoisotopic (exact) mass is 266 g/mol. The summed E-state index contributed by atoms with van der Waals surface area (Å²) in [5.41, 5.74) is 4.53. The van der Waals surface area contributed by atoms with Crippen molar-refractivity contribution in [1.82, 2.24) is 0 Å². The molecule has 0 unspecified atom stereocenters. The van der Waals surface area contributed by atoms with Crippen molar-refractivity contribution in [3.8, 4) is 0 Å². The van der Waals surface area contributed by atoms with Gasteiger partial charge in [-0.3, -0.25) is 0 Å². The Morgan fingerprint density at radius 2 is 1.80 bits per heavy atom. The van der Waals surface area contributed by atoms with Crippen molar-refractivity contribution in [3.05, 3.63) is 42.0 Å². The molecule has 0 saturated heterocycles. The summed E-state index contributed by atoms with van der Waals surface area (Å²) in [6.45, 7) is 10.4. The van der Waals surface area contributed by atoms with E-state index < -0.39 is 0 Å². The van der Waals surface area contributed by atoms with Gasteiger partial charge in [0.15, 0.2) is 5.71 Å². The van der Waals surface area contributed by atoms with Crippen molar-refractivity contribution < 1.29 is 4.58 Å². The van der Waals surface area contributed by atoms with Gasteiger partial charge in [-0.15, -0.1) is 0 Å². The normalized spacial score (nSPS) is 16.8. The highest BCUT2D eigenvalue weighted by Crippen LogP contribution is 2.43. The molecule has 1 aliphatic rings. The van der Waals surface area contributed by atoms with Crippen LogP contribution in [0.1, 0.15) is 46.1 Å². The Kier molecular flexibility index (Phi) is 3.16. The van der Waals surface area contributed by atoms with Gasteiger partial charge in [-0.1, -0.05) is 37.6 Å². The molecule has 3 rings (SSSR count). The standard InChI is InChI=1S/C19H24N/c1-5-6-13-20-14(2)19(3,4)18-16-10-8-7-9-15(16)11-12-17(18)20/h7-12H,5-6,13H2,1-4H3/q+1. The molecule has 0 aromatic heterocycles. The van der Waals surface area contributed by atoms with Gasteiger partial charge < -0.3 is 0 Å². The summed E-state index contributed by atoms with van der Waals surface area (Å²) in [7, 11) is 0. The van der Waals surface area contributed by atoms with Crippen LogP contribution in [0.3, 0.4) is 0 Å². The van der Waals surface area contributed by atoms with Crippen molar-refractivity contribution in [2.45, 2.75) is 46.0 Å². The van der Waals surface area contributed by atoms with Gasteiger partial charge in [0.2, 0.25) is 5.69 Å². The number of hydrogen-bond acceptors (Lipinski definition) is 0. The minimum Gasteiger partial charge on any atom is -0.199 e.